The van der Waals surface area contributed by atoms with Crippen molar-refractivity contribution in [1.29, 1.82) is 0 Å². The van der Waals surface area contributed by atoms with E-state index < -0.39 is 0 Å². The Balaban J connectivity index is 2.46. The number of Topliss-reactive ketones (excluding diaryl/α,β-unsaturated/α-hetero) is 1. The predicted molar refractivity (Wildman–Crippen MR) is 70.1 cm³/mol. The summed E-state index contributed by atoms with van der Waals surface area (Å²) in [6.07, 6.45) is 5.38. The molecule has 100 valence electrons. The van der Waals surface area contributed by atoms with E-state index in [0.717, 1.165) is 12.8 Å². The molecule has 0 unspecified atom stereocenters. The lowest BCUT2D eigenvalue weighted by molar-refractivity contribution is 0.0946. The van der Waals surface area contributed by atoms with Crippen molar-refractivity contribution in [3.05, 3.63) is 24.0 Å². The van der Waals surface area contributed by atoms with E-state index in [0.29, 0.717) is 37.6 Å². The van der Waals surface area contributed by atoms with Gasteiger partial charge in [0, 0.05) is 31.4 Å². The molecule has 4 heteroatoms. The van der Waals surface area contributed by atoms with Gasteiger partial charge in [0.2, 0.25) is 0 Å². The molecule has 0 aromatic carbocycles. The molecule has 0 amide bonds. The minimum absolute atomic E-state index is 0.0872. The first-order valence-electron chi connectivity index (χ1n) is 6.46. The highest BCUT2D eigenvalue weighted by atomic mass is 16.5. The zero-order valence-corrected chi connectivity index (χ0v) is 11.1. The first kappa shape index (κ1) is 14.6. The average Bonchev–Trinajstić information content (AvgIpc) is 2.41. The number of hydrogen-bond donors (Lipinski definition) is 0. The van der Waals surface area contributed by atoms with Gasteiger partial charge in [-0.05, 0) is 25.8 Å². The molecule has 0 saturated carbocycles. The molecule has 0 N–H and O–H groups in total. The van der Waals surface area contributed by atoms with Gasteiger partial charge in [-0.3, -0.25) is 9.78 Å². The molecular weight excluding hydrogens is 230 g/mol. The summed E-state index contributed by atoms with van der Waals surface area (Å²) in [5.74, 6) is 0.747. The SMILES string of the molecule is CCCOc1cncc(C(=O)CCCOCC)c1. The van der Waals surface area contributed by atoms with Crippen LogP contribution in [0, 0.1) is 0 Å². The Kier molecular flexibility index (Phi) is 7.03. The molecular formula is C14H21NO3. The maximum Gasteiger partial charge on any atom is 0.164 e. The van der Waals surface area contributed by atoms with Gasteiger partial charge in [0.05, 0.1) is 12.8 Å². The Morgan fingerprint density at radius 2 is 2.11 bits per heavy atom. The van der Waals surface area contributed by atoms with Gasteiger partial charge >= 0.3 is 0 Å². The minimum atomic E-state index is 0.0872. The smallest absolute Gasteiger partial charge is 0.164 e. The van der Waals surface area contributed by atoms with E-state index in [4.69, 9.17) is 9.47 Å². The Morgan fingerprint density at radius 1 is 1.28 bits per heavy atom. The predicted octanol–water partition coefficient (Wildman–Crippen LogP) is 2.87. The monoisotopic (exact) mass is 251 g/mol. The fourth-order valence-corrected chi connectivity index (χ4v) is 1.49. The van der Waals surface area contributed by atoms with Crippen molar-refractivity contribution in [3.8, 4) is 5.75 Å². The average molecular weight is 251 g/mol. The fourth-order valence-electron chi connectivity index (χ4n) is 1.49. The van der Waals surface area contributed by atoms with Crippen LogP contribution in [-0.4, -0.2) is 30.6 Å². The summed E-state index contributed by atoms with van der Waals surface area (Å²) >= 11 is 0. The second kappa shape index (κ2) is 8.64. The zero-order chi connectivity index (χ0) is 13.2. The van der Waals surface area contributed by atoms with Gasteiger partial charge in [-0.15, -0.1) is 0 Å². The van der Waals surface area contributed by atoms with Crippen molar-refractivity contribution in [3.63, 3.8) is 0 Å². The van der Waals surface area contributed by atoms with E-state index >= 15 is 0 Å². The van der Waals surface area contributed by atoms with Crippen molar-refractivity contribution in [2.45, 2.75) is 33.1 Å². The highest BCUT2D eigenvalue weighted by molar-refractivity contribution is 5.96. The van der Waals surface area contributed by atoms with Gasteiger partial charge in [0.15, 0.2) is 5.78 Å². The van der Waals surface area contributed by atoms with Gasteiger partial charge in [-0.25, -0.2) is 0 Å². The van der Waals surface area contributed by atoms with Gasteiger partial charge in [-0.2, -0.15) is 0 Å². The molecule has 0 bridgehead atoms. The van der Waals surface area contributed by atoms with Gasteiger partial charge in [0.1, 0.15) is 5.75 Å². The number of aromatic nitrogens is 1. The van der Waals surface area contributed by atoms with E-state index in [9.17, 15) is 4.79 Å². The summed E-state index contributed by atoms with van der Waals surface area (Å²) in [7, 11) is 0. The van der Waals surface area contributed by atoms with Crippen LogP contribution in [0.2, 0.25) is 0 Å². The Morgan fingerprint density at radius 3 is 2.83 bits per heavy atom. The van der Waals surface area contributed by atoms with Crippen molar-refractivity contribution < 1.29 is 14.3 Å². The summed E-state index contributed by atoms with van der Waals surface area (Å²) in [5, 5.41) is 0. The van der Waals surface area contributed by atoms with E-state index in [-0.39, 0.29) is 5.78 Å². The summed E-state index contributed by atoms with van der Waals surface area (Å²) in [5.41, 5.74) is 0.611. The molecule has 1 rings (SSSR count). The first-order chi connectivity index (χ1) is 8.77. The quantitative estimate of drug-likeness (QED) is 0.500. The molecule has 0 spiro atoms. The van der Waals surface area contributed by atoms with Gasteiger partial charge in [0.25, 0.3) is 0 Å². The van der Waals surface area contributed by atoms with E-state index in [2.05, 4.69) is 4.98 Å². The summed E-state index contributed by atoms with van der Waals surface area (Å²) in [4.78, 5) is 15.9. The number of ketones is 1. The largest absolute Gasteiger partial charge is 0.492 e. The Hall–Kier alpha value is -1.42. The Labute approximate surface area is 108 Å². The van der Waals surface area contributed by atoms with Gasteiger partial charge < -0.3 is 9.47 Å². The lowest BCUT2D eigenvalue weighted by atomic mass is 10.1. The third-order valence-electron chi connectivity index (χ3n) is 2.40. The number of carbonyl (C=O) groups excluding carboxylic acids is 1. The third-order valence-corrected chi connectivity index (χ3v) is 2.40. The van der Waals surface area contributed by atoms with Crippen LogP contribution in [0.4, 0.5) is 0 Å². The highest BCUT2D eigenvalue weighted by Crippen LogP contribution is 2.13. The van der Waals surface area contributed by atoms with Crippen LogP contribution in [0.15, 0.2) is 18.5 Å². The number of hydrogen-bond acceptors (Lipinski definition) is 4. The summed E-state index contributed by atoms with van der Waals surface area (Å²) in [6.45, 7) is 5.94. The van der Waals surface area contributed by atoms with Crippen LogP contribution < -0.4 is 4.74 Å². The van der Waals surface area contributed by atoms with Crippen LogP contribution >= 0.6 is 0 Å². The third kappa shape index (κ3) is 5.27. The number of rotatable bonds is 9. The second-order valence-electron chi connectivity index (χ2n) is 3.98. The molecule has 0 fully saturated rings. The maximum atomic E-state index is 11.9. The van der Waals surface area contributed by atoms with Crippen molar-refractivity contribution in [2.24, 2.45) is 0 Å². The van der Waals surface area contributed by atoms with Crippen LogP contribution in [0.5, 0.6) is 5.75 Å². The van der Waals surface area contributed by atoms with Crippen LogP contribution in [0.3, 0.4) is 0 Å². The summed E-state index contributed by atoms with van der Waals surface area (Å²) in [6, 6.07) is 1.76. The van der Waals surface area contributed by atoms with Crippen molar-refractivity contribution in [2.75, 3.05) is 19.8 Å². The van der Waals surface area contributed by atoms with E-state index in [1.165, 1.54) is 0 Å². The van der Waals surface area contributed by atoms with E-state index in [1.807, 2.05) is 13.8 Å². The van der Waals surface area contributed by atoms with Crippen molar-refractivity contribution in [1.82, 2.24) is 4.98 Å². The van der Waals surface area contributed by atoms with E-state index in [1.54, 1.807) is 18.5 Å². The normalized spacial score (nSPS) is 10.3. The molecule has 0 aliphatic carbocycles. The van der Waals surface area contributed by atoms with Crippen LogP contribution in [-0.2, 0) is 4.74 Å². The molecule has 1 heterocycles. The first-order valence-corrected chi connectivity index (χ1v) is 6.46. The molecule has 18 heavy (non-hydrogen) atoms. The molecule has 0 radical (unpaired) electrons. The fraction of sp³-hybridized carbons (Fsp3) is 0.571. The lowest BCUT2D eigenvalue weighted by Gasteiger charge is -2.06. The number of carbonyl (C=O) groups is 1. The molecule has 4 nitrogen and oxygen atoms in total. The number of pyridine rings is 1. The maximum absolute atomic E-state index is 11.9. The zero-order valence-electron chi connectivity index (χ0n) is 11.1. The van der Waals surface area contributed by atoms with Gasteiger partial charge in [-0.1, -0.05) is 6.92 Å². The second-order valence-corrected chi connectivity index (χ2v) is 3.98. The molecule has 1 aromatic rings. The molecule has 0 saturated heterocycles. The minimum Gasteiger partial charge on any atom is -0.492 e. The molecule has 1 aromatic heterocycles. The van der Waals surface area contributed by atoms with Crippen molar-refractivity contribution >= 4 is 5.78 Å². The molecule has 0 atom stereocenters. The standard InChI is InChI=1S/C14H21NO3/c1-3-7-18-13-9-12(10-15-11-13)14(16)6-5-8-17-4-2/h9-11H,3-8H2,1-2H3. The topological polar surface area (TPSA) is 48.4 Å². The summed E-state index contributed by atoms with van der Waals surface area (Å²) < 4.78 is 10.7. The number of nitrogens with zero attached hydrogens (tertiary/aromatic N) is 1. The lowest BCUT2D eigenvalue weighted by Crippen LogP contribution is -2.04. The Bertz CT molecular complexity index is 366. The van der Waals surface area contributed by atoms with Crippen LogP contribution in [0.25, 0.3) is 0 Å². The highest BCUT2D eigenvalue weighted by Gasteiger charge is 2.07. The molecule has 0 aliphatic rings. The number of ether oxygens (including phenoxy) is 2. The molecule has 0 aliphatic heterocycles. The van der Waals surface area contributed by atoms with Crippen LogP contribution in [0.1, 0.15) is 43.5 Å².